The number of aryl methyl sites for hydroxylation is 1. The third-order valence-electron chi connectivity index (χ3n) is 4.49. The largest absolute Gasteiger partial charge is 0.324 e. The van der Waals surface area contributed by atoms with Crippen LogP contribution < -0.4 is 10.9 Å². The first-order chi connectivity index (χ1) is 12.4. The van der Waals surface area contributed by atoms with E-state index in [1.54, 1.807) is 37.3 Å². The van der Waals surface area contributed by atoms with Crippen LogP contribution in [0.2, 0.25) is 0 Å². The Morgan fingerprint density at radius 1 is 1.04 bits per heavy atom. The zero-order valence-corrected chi connectivity index (χ0v) is 14.9. The van der Waals surface area contributed by atoms with E-state index >= 15 is 0 Å². The van der Waals surface area contributed by atoms with Gasteiger partial charge in [-0.15, -0.1) is 0 Å². The first-order valence-corrected chi connectivity index (χ1v) is 8.41. The van der Waals surface area contributed by atoms with Crippen LogP contribution in [0.5, 0.6) is 0 Å². The van der Waals surface area contributed by atoms with E-state index in [9.17, 15) is 14.4 Å². The maximum atomic E-state index is 12.7. The van der Waals surface area contributed by atoms with Crippen LogP contribution in [-0.2, 0) is 4.79 Å². The van der Waals surface area contributed by atoms with E-state index in [0.717, 1.165) is 16.5 Å². The van der Waals surface area contributed by atoms with Crippen LogP contribution in [0.1, 0.15) is 35.8 Å². The minimum atomic E-state index is -0.680. The number of amides is 1. The number of hydrogen-bond donors (Lipinski definition) is 1. The molecule has 1 atom stereocenters. The average Bonchev–Trinajstić information content (AvgIpc) is 2.62. The van der Waals surface area contributed by atoms with Gasteiger partial charge in [-0.1, -0.05) is 18.2 Å². The summed E-state index contributed by atoms with van der Waals surface area (Å²) >= 11 is 0. The minimum Gasteiger partial charge on any atom is -0.324 e. The van der Waals surface area contributed by atoms with E-state index in [2.05, 4.69) is 5.32 Å². The molecule has 0 saturated carbocycles. The molecule has 0 aliphatic heterocycles. The number of nitrogens with one attached hydrogen (secondary N) is 1. The SMILES string of the molecule is CC(=O)c1ccc(NC(=O)C(C)n2c(=O)cc(C)c3ccccc32)cc1. The van der Waals surface area contributed by atoms with Crippen LogP contribution in [0, 0.1) is 6.92 Å². The summed E-state index contributed by atoms with van der Waals surface area (Å²) in [5, 5.41) is 3.75. The third-order valence-corrected chi connectivity index (χ3v) is 4.49. The standard InChI is InChI=1S/C21H20N2O3/c1-13-12-20(25)23(19-7-5-4-6-18(13)19)14(2)21(26)22-17-10-8-16(9-11-17)15(3)24/h4-12,14H,1-3H3,(H,22,26). The molecular formula is C21H20N2O3. The molecule has 0 fully saturated rings. The van der Waals surface area contributed by atoms with Crippen LogP contribution in [0.4, 0.5) is 5.69 Å². The summed E-state index contributed by atoms with van der Waals surface area (Å²) in [5.41, 5.74) is 2.56. The molecule has 3 rings (SSSR count). The highest BCUT2D eigenvalue weighted by molar-refractivity contribution is 5.97. The Kier molecular flexibility index (Phi) is 4.71. The van der Waals surface area contributed by atoms with Crippen molar-refractivity contribution in [1.29, 1.82) is 0 Å². The van der Waals surface area contributed by atoms with Crippen molar-refractivity contribution < 1.29 is 9.59 Å². The summed E-state index contributed by atoms with van der Waals surface area (Å²) in [6, 6.07) is 15.1. The van der Waals surface area contributed by atoms with Crippen LogP contribution in [-0.4, -0.2) is 16.3 Å². The lowest BCUT2D eigenvalue weighted by Crippen LogP contribution is -2.31. The van der Waals surface area contributed by atoms with Crippen molar-refractivity contribution in [3.8, 4) is 0 Å². The Hall–Kier alpha value is -3.21. The van der Waals surface area contributed by atoms with Gasteiger partial charge in [0.25, 0.3) is 5.56 Å². The van der Waals surface area contributed by atoms with Gasteiger partial charge in [-0.25, -0.2) is 0 Å². The number of Topliss-reactive ketones (excluding diaryl/α,β-unsaturated/α-hetero) is 1. The highest BCUT2D eigenvalue weighted by atomic mass is 16.2. The fourth-order valence-electron chi connectivity index (χ4n) is 3.02. The number of benzene rings is 2. The Morgan fingerprint density at radius 3 is 2.35 bits per heavy atom. The monoisotopic (exact) mass is 348 g/mol. The van der Waals surface area contributed by atoms with Gasteiger partial charge in [0.1, 0.15) is 6.04 Å². The second-order valence-electron chi connectivity index (χ2n) is 6.35. The van der Waals surface area contributed by atoms with E-state index in [0.29, 0.717) is 11.3 Å². The molecule has 5 nitrogen and oxygen atoms in total. The van der Waals surface area contributed by atoms with E-state index < -0.39 is 6.04 Å². The molecule has 0 aliphatic rings. The Bertz CT molecular complexity index is 1050. The number of nitrogens with zero attached hydrogens (tertiary/aromatic N) is 1. The fourth-order valence-corrected chi connectivity index (χ4v) is 3.02. The average molecular weight is 348 g/mol. The summed E-state index contributed by atoms with van der Waals surface area (Å²) in [7, 11) is 0. The zero-order valence-electron chi connectivity index (χ0n) is 14.9. The number of rotatable bonds is 4. The van der Waals surface area contributed by atoms with Crippen molar-refractivity contribution in [2.24, 2.45) is 0 Å². The molecule has 2 aromatic carbocycles. The molecule has 132 valence electrons. The fraction of sp³-hybridized carbons (Fsp3) is 0.190. The Labute approximate surface area is 151 Å². The second kappa shape index (κ2) is 6.96. The zero-order chi connectivity index (χ0) is 18.8. The Balaban J connectivity index is 1.93. The van der Waals surface area contributed by atoms with E-state index in [1.165, 1.54) is 11.5 Å². The maximum absolute atomic E-state index is 12.7. The number of anilines is 1. The van der Waals surface area contributed by atoms with Gasteiger partial charge < -0.3 is 5.32 Å². The van der Waals surface area contributed by atoms with Crippen LogP contribution in [0.3, 0.4) is 0 Å². The number of carbonyl (C=O) groups excluding carboxylic acids is 2. The van der Waals surface area contributed by atoms with Gasteiger partial charge in [0.15, 0.2) is 5.78 Å². The van der Waals surface area contributed by atoms with Gasteiger partial charge in [0.2, 0.25) is 5.91 Å². The number of hydrogen-bond acceptors (Lipinski definition) is 3. The molecule has 1 unspecified atom stereocenters. The normalized spacial score (nSPS) is 12.0. The predicted molar refractivity (Wildman–Crippen MR) is 103 cm³/mol. The van der Waals surface area contributed by atoms with Crippen molar-refractivity contribution in [3.63, 3.8) is 0 Å². The first-order valence-electron chi connectivity index (χ1n) is 8.41. The molecule has 26 heavy (non-hydrogen) atoms. The van der Waals surface area contributed by atoms with Crippen LogP contribution >= 0.6 is 0 Å². The van der Waals surface area contributed by atoms with E-state index in [1.807, 2.05) is 31.2 Å². The first kappa shape index (κ1) is 17.6. The predicted octanol–water partition coefficient (Wildman–Crippen LogP) is 3.71. The van der Waals surface area contributed by atoms with Crippen LogP contribution in [0.25, 0.3) is 10.9 Å². The number of ketones is 1. The summed E-state index contributed by atoms with van der Waals surface area (Å²) in [5.74, 6) is -0.328. The lowest BCUT2D eigenvalue weighted by molar-refractivity contribution is -0.118. The molecule has 5 heteroatoms. The van der Waals surface area contributed by atoms with Crippen molar-refractivity contribution in [3.05, 3.63) is 76.1 Å². The maximum Gasteiger partial charge on any atom is 0.252 e. The molecule has 0 spiro atoms. The summed E-state index contributed by atoms with van der Waals surface area (Å²) in [6.45, 7) is 5.07. The second-order valence-corrected chi connectivity index (χ2v) is 6.35. The third kappa shape index (κ3) is 3.28. The highest BCUT2D eigenvalue weighted by Gasteiger charge is 2.19. The summed E-state index contributed by atoms with van der Waals surface area (Å²) in [6.07, 6.45) is 0. The molecular weight excluding hydrogens is 328 g/mol. The van der Waals surface area contributed by atoms with Crippen molar-refractivity contribution in [2.45, 2.75) is 26.8 Å². The molecule has 1 aromatic heterocycles. The molecule has 0 bridgehead atoms. The van der Waals surface area contributed by atoms with Crippen molar-refractivity contribution in [2.75, 3.05) is 5.32 Å². The van der Waals surface area contributed by atoms with Crippen LogP contribution in [0.15, 0.2) is 59.4 Å². The number of carbonyl (C=O) groups is 2. The molecule has 0 saturated heterocycles. The summed E-state index contributed by atoms with van der Waals surface area (Å²) < 4.78 is 1.50. The molecule has 1 heterocycles. The molecule has 3 aromatic rings. The lowest BCUT2D eigenvalue weighted by Gasteiger charge is -2.18. The molecule has 0 radical (unpaired) electrons. The van der Waals surface area contributed by atoms with E-state index in [4.69, 9.17) is 0 Å². The quantitative estimate of drug-likeness (QED) is 0.731. The smallest absolute Gasteiger partial charge is 0.252 e. The summed E-state index contributed by atoms with van der Waals surface area (Å²) in [4.78, 5) is 36.5. The van der Waals surface area contributed by atoms with Crippen molar-refractivity contribution >= 4 is 28.3 Å². The number of pyridine rings is 1. The molecule has 1 N–H and O–H groups in total. The van der Waals surface area contributed by atoms with Gasteiger partial charge in [0.05, 0.1) is 5.52 Å². The van der Waals surface area contributed by atoms with Gasteiger partial charge in [0, 0.05) is 22.7 Å². The highest BCUT2D eigenvalue weighted by Crippen LogP contribution is 2.20. The number of fused-ring (bicyclic) bond motifs is 1. The topological polar surface area (TPSA) is 68.2 Å². The molecule has 0 aliphatic carbocycles. The van der Waals surface area contributed by atoms with Gasteiger partial charge in [-0.05, 0) is 56.7 Å². The minimum absolute atomic E-state index is 0.0334. The number of aromatic nitrogens is 1. The Morgan fingerprint density at radius 2 is 1.69 bits per heavy atom. The van der Waals surface area contributed by atoms with Gasteiger partial charge >= 0.3 is 0 Å². The molecule has 1 amide bonds. The van der Waals surface area contributed by atoms with Gasteiger partial charge in [-0.3, -0.25) is 19.0 Å². The lowest BCUT2D eigenvalue weighted by atomic mass is 10.1. The van der Waals surface area contributed by atoms with Gasteiger partial charge in [-0.2, -0.15) is 0 Å². The van der Waals surface area contributed by atoms with E-state index in [-0.39, 0.29) is 17.2 Å². The number of para-hydroxylation sites is 1. The van der Waals surface area contributed by atoms with Crippen molar-refractivity contribution in [1.82, 2.24) is 4.57 Å².